The predicted molar refractivity (Wildman–Crippen MR) is 99.8 cm³/mol. The van der Waals surface area contributed by atoms with Gasteiger partial charge in [0.1, 0.15) is 0 Å². The van der Waals surface area contributed by atoms with Crippen molar-refractivity contribution in [2.24, 2.45) is 0 Å². The van der Waals surface area contributed by atoms with E-state index in [1.54, 1.807) is 0 Å². The van der Waals surface area contributed by atoms with Gasteiger partial charge in [0.15, 0.2) is 0 Å². The molecule has 0 saturated carbocycles. The van der Waals surface area contributed by atoms with Gasteiger partial charge < -0.3 is 11.0 Å². The van der Waals surface area contributed by atoms with E-state index in [0.717, 1.165) is 19.6 Å². The van der Waals surface area contributed by atoms with E-state index < -0.39 is 21.4 Å². The lowest BCUT2D eigenvalue weighted by atomic mass is 10.4. The van der Waals surface area contributed by atoms with Gasteiger partial charge in [0.05, 0.1) is 0 Å². The average molecular weight is 361 g/mol. The summed E-state index contributed by atoms with van der Waals surface area (Å²) in [6, 6.07) is 27.7. The summed E-state index contributed by atoms with van der Waals surface area (Å²) in [7, 11) is -1.34. The highest BCUT2D eigenvalue weighted by atomic mass is 32.2. The van der Waals surface area contributed by atoms with E-state index in [1.807, 2.05) is 84.9 Å². The van der Waals surface area contributed by atoms with E-state index >= 15 is 0 Å². The standard InChI is InChI=1S/C18H16N2S2.2H2O/c19-21(15-7-3-1-4-8-15)17-11-13-18(14-12-17)22(20)16-9-5-2-6-10-16;;/h1-14,19-20H;2*1H2/t21-,22+;;. The molecule has 0 unspecified atom stereocenters. The quantitative estimate of drug-likeness (QED) is 0.708. The Balaban J connectivity index is 0.00000144. The Kier molecular flexibility index (Phi) is 7.67. The van der Waals surface area contributed by atoms with E-state index in [2.05, 4.69) is 0 Å². The molecule has 3 rings (SSSR count). The van der Waals surface area contributed by atoms with Crippen LogP contribution in [0.4, 0.5) is 0 Å². The lowest BCUT2D eigenvalue weighted by molar-refractivity contribution is 0.823. The second kappa shape index (κ2) is 9.24. The van der Waals surface area contributed by atoms with Gasteiger partial charge in [-0.15, -0.1) is 0 Å². The van der Waals surface area contributed by atoms with Gasteiger partial charge in [0, 0.05) is 19.6 Å². The van der Waals surface area contributed by atoms with Crippen molar-refractivity contribution in [3.63, 3.8) is 0 Å². The van der Waals surface area contributed by atoms with E-state index in [-0.39, 0.29) is 11.0 Å². The van der Waals surface area contributed by atoms with Crippen molar-refractivity contribution in [1.82, 2.24) is 0 Å². The number of rotatable bonds is 4. The molecule has 0 aliphatic rings. The van der Waals surface area contributed by atoms with Crippen LogP contribution < -0.4 is 0 Å². The lowest BCUT2D eigenvalue weighted by Gasteiger charge is -2.09. The minimum atomic E-state index is -0.671. The van der Waals surface area contributed by atoms with Crippen LogP contribution in [-0.4, -0.2) is 11.0 Å². The summed E-state index contributed by atoms with van der Waals surface area (Å²) in [4.78, 5) is 4.01. The Morgan fingerprint density at radius 2 is 0.667 bits per heavy atom. The van der Waals surface area contributed by atoms with Crippen molar-refractivity contribution in [2.75, 3.05) is 0 Å². The van der Waals surface area contributed by atoms with E-state index in [0.29, 0.717) is 0 Å². The van der Waals surface area contributed by atoms with Gasteiger partial charge in [-0.1, -0.05) is 36.4 Å². The Labute approximate surface area is 146 Å². The van der Waals surface area contributed by atoms with Gasteiger partial charge >= 0.3 is 0 Å². The fraction of sp³-hybridized carbons (Fsp3) is 0. The van der Waals surface area contributed by atoms with Gasteiger partial charge in [0.2, 0.25) is 0 Å². The van der Waals surface area contributed by atoms with Crippen LogP contribution in [0, 0.1) is 9.56 Å². The third-order valence-corrected chi connectivity index (χ3v) is 6.23. The smallest absolute Gasteiger partial charge is 0.0230 e. The van der Waals surface area contributed by atoms with Crippen LogP contribution >= 0.6 is 0 Å². The molecule has 0 aromatic heterocycles. The number of nitrogens with one attached hydrogen (secondary N) is 2. The molecule has 0 aliphatic heterocycles. The topological polar surface area (TPSA) is 111 Å². The highest BCUT2D eigenvalue weighted by Crippen LogP contribution is 2.21. The first-order valence-corrected chi connectivity index (χ1v) is 9.32. The third kappa shape index (κ3) is 4.46. The molecule has 0 saturated heterocycles. The Morgan fingerprint density at radius 1 is 0.417 bits per heavy atom. The first-order chi connectivity index (χ1) is 10.8. The summed E-state index contributed by atoms with van der Waals surface area (Å²) in [5.74, 6) is 0. The molecular weight excluding hydrogens is 340 g/mol. The molecule has 2 atom stereocenters. The molecule has 4 nitrogen and oxygen atoms in total. The summed E-state index contributed by atoms with van der Waals surface area (Å²) < 4.78 is 16.8. The number of benzene rings is 3. The highest BCUT2D eigenvalue weighted by molar-refractivity contribution is 7.86. The zero-order valence-electron chi connectivity index (χ0n) is 12.9. The minimum Gasteiger partial charge on any atom is -0.412 e. The van der Waals surface area contributed by atoms with E-state index in [1.165, 1.54) is 0 Å². The summed E-state index contributed by atoms with van der Waals surface area (Å²) in [5, 5.41) is 0. The summed E-state index contributed by atoms with van der Waals surface area (Å²) >= 11 is 0. The molecule has 6 heteroatoms. The molecule has 0 fully saturated rings. The predicted octanol–water partition coefficient (Wildman–Crippen LogP) is 3.63. The minimum absolute atomic E-state index is 0. The largest absolute Gasteiger partial charge is 0.412 e. The molecule has 0 amide bonds. The lowest BCUT2D eigenvalue weighted by Crippen LogP contribution is -1.94. The van der Waals surface area contributed by atoms with Crippen molar-refractivity contribution in [1.29, 1.82) is 9.56 Å². The molecule has 24 heavy (non-hydrogen) atoms. The third-order valence-electron chi connectivity index (χ3n) is 3.25. The zero-order chi connectivity index (χ0) is 15.4. The second-order valence-electron chi connectivity index (χ2n) is 4.71. The SMILES string of the molecule is N=[S@](c1ccccc1)c1ccc([S@@](=N)c2ccccc2)cc1.O.O. The molecule has 3 aromatic rings. The van der Waals surface area contributed by atoms with Crippen LogP contribution in [0.2, 0.25) is 0 Å². The molecule has 3 aromatic carbocycles. The van der Waals surface area contributed by atoms with Crippen LogP contribution in [0.3, 0.4) is 0 Å². The van der Waals surface area contributed by atoms with Gasteiger partial charge in [-0.2, -0.15) is 0 Å². The van der Waals surface area contributed by atoms with Gasteiger partial charge in [-0.25, -0.2) is 0 Å². The molecule has 0 spiro atoms. The van der Waals surface area contributed by atoms with Crippen molar-refractivity contribution < 1.29 is 11.0 Å². The maximum absolute atomic E-state index is 8.38. The van der Waals surface area contributed by atoms with Gasteiger partial charge in [-0.05, 0) is 69.9 Å². The Bertz CT molecular complexity index is 737. The van der Waals surface area contributed by atoms with Crippen molar-refractivity contribution in [3.8, 4) is 0 Å². The highest BCUT2D eigenvalue weighted by Gasteiger charge is 2.05. The fourth-order valence-corrected chi connectivity index (χ4v) is 4.32. The van der Waals surface area contributed by atoms with Gasteiger partial charge in [-0.3, -0.25) is 9.56 Å². The summed E-state index contributed by atoms with van der Waals surface area (Å²) in [5.41, 5.74) is 0. The molecule has 6 N–H and O–H groups in total. The van der Waals surface area contributed by atoms with Crippen LogP contribution in [0.15, 0.2) is 105 Å². The van der Waals surface area contributed by atoms with Crippen LogP contribution in [-0.2, 0) is 21.4 Å². The number of hydrogen-bond donors (Lipinski definition) is 2. The summed E-state index contributed by atoms with van der Waals surface area (Å²) in [6.45, 7) is 0. The zero-order valence-corrected chi connectivity index (χ0v) is 14.5. The first kappa shape index (κ1) is 19.9. The monoisotopic (exact) mass is 360 g/mol. The van der Waals surface area contributed by atoms with Crippen molar-refractivity contribution >= 4 is 21.4 Å². The summed E-state index contributed by atoms with van der Waals surface area (Å²) in [6.07, 6.45) is 0. The normalized spacial score (nSPS) is 12.3. The molecule has 126 valence electrons. The van der Waals surface area contributed by atoms with Crippen molar-refractivity contribution in [3.05, 3.63) is 84.9 Å². The van der Waals surface area contributed by atoms with Crippen LogP contribution in [0.25, 0.3) is 0 Å². The second-order valence-corrected chi connectivity index (χ2v) is 7.82. The average Bonchev–Trinajstić information content (AvgIpc) is 2.62. The van der Waals surface area contributed by atoms with Crippen LogP contribution in [0.1, 0.15) is 0 Å². The molecule has 0 heterocycles. The fourth-order valence-electron chi connectivity index (χ4n) is 2.10. The maximum Gasteiger partial charge on any atom is 0.0230 e. The maximum atomic E-state index is 8.38. The molecule has 0 aliphatic carbocycles. The van der Waals surface area contributed by atoms with Crippen molar-refractivity contribution in [2.45, 2.75) is 19.6 Å². The molecule has 0 radical (unpaired) electrons. The molecular formula is C18H20N2O2S2. The van der Waals surface area contributed by atoms with E-state index in [4.69, 9.17) is 9.56 Å². The Hall–Kier alpha value is -2.12. The first-order valence-electron chi connectivity index (χ1n) is 6.87. The van der Waals surface area contributed by atoms with Crippen LogP contribution in [0.5, 0.6) is 0 Å². The number of hydrogen-bond acceptors (Lipinski definition) is 2. The van der Waals surface area contributed by atoms with E-state index in [9.17, 15) is 0 Å². The Morgan fingerprint density at radius 3 is 0.958 bits per heavy atom. The molecule has 0 bridgehead atoms. The van der Waals surface area contributed by atoms with Gasteiger partial charge in [0.25, 0.3) is 0 Å².